The van der Waals surface area contributed by atoms with Gasteiger partial charge in [-0.3, -0.25) is 9.55 Å². The summed E-state index contributed by atoms with van der Waals surface area (Å²) in [7, 11) is 0. The molecule has 0 saturated heterocycles. The second-order valence-corrected chi connectivity index (χ2v) is 21.8. The first-order valence-electron chi connectivity index (χ1n) is 23.6. The van der Waals surface area contributed by atoms with Gasteiger partial charge in [0, 0.05) is 28.5 Å². The molecule has 0 saturated carbocycles. The molecular weight excluding hydrogens is 815 g/mol. The molecule has 2 heterocycles. The molecule has 0 aliphatic rings. The van der Waals surface area contributed by atoms with E-state index in [0.29, 0.717) is 11.4 Å². The van der Waals surface area contributed by atoms with E-state index in [4.69, 9.17) is 9.97 Å². The Morgan fingerprint density at radius 1 is 0.433 bits per heavy atom. The van der Waals surface area contributed by atoms with E-state index in [2.05, 4.69) is 245 Å². The van der Waals surface area contributed by atoms with E-state index >= 15 is 0 Å². The molecule has 0 spiro atoms. The summed E-state index contributed by atoms with van der Waals surface area (Å²) in [6.07, 6.45) is 1.91. The Hall–Kier alpha value is -7.04. The second-order valence-electron chi connectivity index (χ2n) is 21.8. The van der Waals surface area contributed by atoms with E-state index in [1.165, 1.54) is 5.56 Å². The lowest BCUT2D eigenvalue weighted by Crippen LogP contribution is -2.34. The van der Waals surface area contributed by atoms with E-state index in [0.717, 1.165) is 83.6 Å². The number of aromatic nitrogens is 3. The molecule has 0 unspecified atom stereocenters. The van der Waals surface area contributed by atoms with Gasteiger partial charge in [-0.05, 0) is 121 Å². The highest BCUT2D eigenvalue weighted by molar-refractivity contribution is 5.98. The van der Waals surface area contributed by atoms with Crippen molar-refractivity contribution in [2.75, 3.05) is 0 Å². The maximum absolute atomic E-state index is 12.6. The lowest BCUT2D eigenvalue weighted by molar-refractivity contribution is 0.225. The highest BCUT2D eigenvalue weighted by Gasteiger charge is 2.36. The summed E-state index contributed by atoms with van der Waals surface area (Å²) in [5, 5.41) is 12.6. The molecule has 67 heavy (non-hydrogen) atoms. The Bertz CT molecular complexity index is 3250. The molecule has 4 nitrogen and oxygen atoms in total. The van der Waals surface area contributed by atoms with Crippen LogP contribution in [0.4, 0.5) is 0 Å². The van der Waals surface area contributed by atoms with Crippen LogP contribution in [0.5, 0.6) is 5.75 Å². The number of phenolic OH excluding ortho intramolecular Hbond substituents is 1. The molecular formula is C63H63N3O. The molecule has 7 aromatic carbocycles. The van der Waals surface area contributed by atoms with Gasteiger partial charge in [-0.25, -0.2) is 4.98 Å². The van der Waals surface area contributed by atoms with Gasteiger partial charge in [0.1, 0.15) is 11.6 Å². The summed E-state index contributed by atoms with van der Waals surface area (Å²) < 4.78 is 2.30. The summed E-state index contributed by atoms with van der Waals surface area (Å²) in [6.45, 7) is 24.9. The molecule has 0 bridgehead atoms. The van der Waals surface area contributed by atoms with Crippen LogP contribution in [-0.2, 0) is 16.2 Å². The maximum Gasteiger partial charge on any atom is 0.149 e. The Kier molecular flexibility index (Phi) is 11.4. The van der Waals surface area contributed by atoms with Crippen LogP contribution in [0, 0.1) is 5.41 Å². The van der Waals surface area contributed by atoms with E-state index in [9.17, 15) is 5.11 Å². The van der Waals surface area contributed by atoms with Gasteiger partial charge >= 0.3 is 0 Å². The van der Waals surface area contributed by atoms with Crippen LogP contribution in [0.1, 0.15) is 92.9 Å². The number of imidazole rings is 1. The molecule has 2 aromatic heterocycles. The Labute approximate surface area is 398 Å². The van der Waals surface area contributed by atoms with Gasteiger partial charge in [0.15, 0.2) is 0 Å². The van der Waals surface area contributed by atoms with Gasteiger partial charge in [0.25, 0.3) is 0 Å². The zero-order chi connectivity index (χ0) is 47.5. The molecule has 0 amide bonds. The van der Waals surface area contributed by atoms with Crippen LogP contribution >= 0.6 is 0 Å². The van der Waals surface area contributed by atoms with Crippen LogP contribution in [0.2, 0.25) is 0 Å². The first kappa shape index (κ1) is 45.1. The number of hydrogen-bond donors (Lipinski definition) is 1. The molecule has 9 aromatic rings. The molecule has 1 N–H and O–H groups in total. The maximum atomic E-state index is 12.6. The lowest BCUT2D eigenvalue weighted by Gasteiger charge is -2.40. The summed E-state index contributed by atoms with van der Waals surface area (Å²) >= 11 is 0. The third kappa shape index (κ3) is 8.62. The van der Waals surface area contributed by atoms with Crippen molar-refractivity contribution in [2.24, 2.45) is 5.41 Å². The average Bonchev–Trinajstić information content (AvgIpc) is 3.70. The second kappa shape index (κ2) is 17.0. The van der Waals surface area contributed by atoms with Crippen LogP contribution in [0.25, 0.3) is 83.9 Å². The van der Waals surface area contributed by atoms with Crippen molar-refractivity contribution in [1.29, 1.82) is 0 Å². The zero-order valence-corrected chi connectivity index (χ0v) is 41.0. The van der Waals surface area contributed by atoms with Gasteiger partial charge in [0.2, 0.25) is 0 Å². The van der Waals surface area contributed by atoms with Crippen molar-refractivity contribution >= 4 is 11.0 Å². The number of hydrogen-bond acceptors (Lipinski definition) is 3. The number of fused-ring (bicyclic) bond motifs is 1. The monoisotopic (exact) mass is 877 g/mol. The molecule has 4 heteroatoms. The molecule has 0 aliphatic carbocycles. The number of phenols is 1. The minimum atomic E-state index is -0.336. The molecule has 0 aliphatic heterocycles. The minimum Gasteiger partial charge on any atom is -0.507 e. The van der Waals surface area contributed by atoms with Crippen molar-refractivity contribution in [3.63, 3.8) is 0 Å². The van der Waals surface area contributed by atoms with E-state index in [1.54, 1.807) is 0 Å². The van der Waals surface area contributed by atoms with Crippen LogP contribution < -0.4 is 0 Å². The van der Waals surface area contributed by atoms with Crippen molar-refractivity contribution < 1.29 is 5.11 Å². The van der Waals surface area contributed by atoms with Crippen molar-refractivity contribution in [3.8, 4) is 78.6 Å². The third-order valence-corrected chi connectivity index (χ3v) is 14.1. The number of para-hydroxylation sites is 1. The normalized spacial score (nSPS) is 12.5. The Morgan fingerprint density at radius 3 is 1.63 bits per heavy atom. The molecule has 9 rings (SSSR count). The summed E-state index contributed by atoms with van der Waals surface area (Å²) in [6, 6.07) is 60.6. The smallest absolute Gasteiger partial charge is 0.149 e. The van der Waals surface area contributed by atoms with Crippen molar-refractivity contribution in [2.45, 2.75) is 92.4 Å². The summed E-state index contributed by atoms with van der Waals surface area (Å²) in [5.74, 6) is 0.941. The third-order valence-electron chi connectivity index (χ3n) is 14.1. The van der Waals surface area contributed by atoms with Crippen molar-refractivity contribution in [1.82, 2.24) is 14.5 Å². The number of nitrogens with zero attached hydrogens (tertiary/aromatic N) is 3. The van der Waals surface area contributed by atoms with Crippen LogP contribution in [-0.4, -0.2) is 19.6 Å². The largest absolute Gasteiger partial charge is 0.507 e. The highest BCUT2D eigenvalue weighted by atomic mass is 16.3. The predicted octanol–water partition coefficient (Wildman–Crippen LogP) is 17.0. The summed E-state index contributed by atoms with van der Waals surface area (Å²) in [5.41, 5.74) is 16.7. The summed E-state index contributed by atoms with van der Waals surface area (Å²) in [4.78, 5) is 10.7. The minimum absolute atomic E-state index is 0.00168. The fourth-order valence-corrected chi connectivity index (χ4v) is 9.09. The van der Waals surface area contributed by atoms with E-state index < -0.39 is 0 Å². The van der Waals surface area contributed by atoms with E-state index in [1.807, 2.05) is 12.3 Å². The number of aromatic hydroxyl groups is 1. The highest BCUT2D eigenvalue weighted by Crippen LogP contribution is 2.48. The van der Waals surface area contributed by atoms with Gasteiger partial charge < -0.3 is 5.11 Å². The van der Waals surface area contributed by atoms with Gasteiger partial charge in [0.05, 0.1) is 28.0 Å². The fourth-order valence-electron chi connectivity index (χ4n) is 9.09. The molecule has 0 radical (unpaired) electrons. The number of benzene rings is 7. The fraction of sp³-hybridized carbons (Fsp3) is 0.238. The lowest BCUT2D eigenvalue weighted by atomic mass is 9.65. The van der Waals surface area contributed by atoms with Gasteiger partial charge in [-0.2, -0.15) is 0 Å². The first-order chi connectivity index (χ1) is 31.8. The number of pyridine rings is 1. The predicted molar refractivity (Wildman–Crippen MR) is 283 cm³/mol. The molecule has 0 fully saturated rings. The van der Waals surface area contributed by atoms with Gasteiger partial charge in [-0.15, -0.1) is 0 Å². The Balaban J connectivity index is 1.37. The first-order valence-corrected chi connectivity index (χ1v) is 23.6. The molecule has 0 atom stereocenters. The topological polar surface area (TPSA) is 50.9 Å². The Morgan fingerprint density at radius 2 is 1.01 bits per heavy atom. The SMILES string of the molecule is CC(C)(C)c1cc(-c2nc3c(-c4cc(-c5ccccc5)cc(-c5cc(-c6ccccc6)ccn5)c4)cccc3n2-c2ccc(C(C)(C)C(C)(C)C)cc2-c2ccccc2)c(O)c(C(C)(C)C)c1. The average molecular weight is 878 g/mol. The van der Waals surface area contributed by atoms with E-state index in [-0.39, 0.29) is 27.4 Å². The zero-order valence-electron chi connectivity index (χ0n) is 41.0. The van der Waals surface area contributed by atoms with Crippen molar-refractivity contribution in [3.05, 3.63) is 193 Å². The molecule has 336 valence electrons. The van der Waals surface area contributed by atoms with Gasteiger partial charge in [-0.1, -0.05) is 191 Å². The van der Waals surface area contributed by atoms with Crippen LogP contribution in [0.3, 0.4) is 0 Å². The quantitative estimate of drug-likeness (QED) is 0.165. The number of rotatable bonds is 8. The van der Waals surface area contributed by atoms with Crippen LogP contribution in [0.15, 0.2) is 176 Å². The standard InChI is InChI=1S/C63H63N3O/c1-60(2,3)49-39-52(58(67)53(40-49)61(4,5)6)59-65-57-50(28-21-29-56(57)66(59)55-31-30-48(63(10,11)62(7,8)9)38-51(55)43-26-19-14-20-27-43)46-34-45(42-24-17-13-18-25-42)35-47(36-46)54-37-44(32-33-64-54)41-22-15-12-16-23-41/h12-40,67H,1-11H3.